The van der Waals surface area contributed by atoms with Gasteiger partial charge in [-0.2, -0.15) is 0 Å². The first-order chi connectivity index (χ1) is 8.15. The first-order valence-electron chi connectivity index (χ1n) is 4.59. The number of aliphatic hydroxyl groups is 1. The molecule has 1 unspecified atom stereocenters. The number of nitro groups is 1. The van der Waals surface area contributed by atoms with Crippen molar-refractivity contribution in [2.24, 2.45) is 0 Å². The van der Waals surface area contributed by atoms with E-state index in [1.807, 2.05) is 0 Å². The third-order valence-electron chi connectivity index (χ3n) is 2.13. The van der Waals surface area contributed by atoms with Crippen molar-refractivity contribution in [1.29, 1.82) is 0 Å². The van der Waals surface area contributed by atoms with Crippen molar-refractivity contribution in [3.8, 4) is 0 Å². The molecule has 0 amide bonds. The molecule has 0 aliphatic heterocycles. The fraction of sp³-hybridized carbons (Fsp3) is 0.375. The lowest BCUT2D eigenvalue weighted by Gasteiger charge is -2.18. The molecule has 3 N–H and O–H groups in total. The topological polar surface area (TPSA) is 156 Å². The number of H-pyrrole nitrogens is 1. The predicted octanol–water partition coefficient (Wildman–Crippen LogP) is -1.72. The SMILES string of the molecule is CC(O)(Cn1cc([N+](=O)[O-])c(=O)[nH]c1=O)C(=O)O. The van der Waals surface area contributed by atoms with Gasteiger partial charge >= 0.3 is 22.9 Å². The van der Waals surface area contributed by atoms with Gasteiger partial charge in [-0.3, -0.25) is 24.5 Å². The number of carbonyl (C=O) groups is 1. The van der Waals surface area contributed by atoms with E-state index in [-0.39, 0.29) is 0 Å². The summed E-state index contributed by atoms with van der Waals surface area (Å²) in [6, 6.07) is 0. The van der Waals surface area contributed by atoms with Gasteiger partial charge in [-0.25, -0.2) is 9.59 Å². The van der Waals surface area contributed by atoms with Crippen molar-refractivity contribution in [1.82, 2.24) is 9.55 Å². The molecule has 98 valence electrons. The van der Waals surface area contributed by atoms with Crippen LogP contribution in [0.3, 0.4) is 0 Å². The average molecular weight is 259 g/mol. The molecule has 0 aliphatic carbocycles. The van der Waals surface area contributed by atoms with Gasteiger partial charge in [-0.1, -0.05) is 0 Å². The number of nitrogens with zero attached hydrogens (tertiary/aromatic N) is 2. The summed E-state index contributed by atoms with van der Waals surface area (Å²) in [5, 5.41) is 28.6. The minimum atomic E-state index is -2.30. The van der Waals surface area contributed by atoms with Crippen LogP contribution >= 0.6 is 0 Å². The number of hydrogen-bond donors (Lipinski definition) is 3. The molecule has 0 saturated heterocycles. The van der Waals surface area contributed by atoms with Crippen LogP contribution in [0.15, 0.2) is 15.8 Å². The summed E-state index contributed by atoms with van der Waals surface area (Å²) >= 11 is 0. The molecule has 18 heavy (non-hydrogen) atoms. The van der Waals surface area contributed by atoms with Gasteiger partial charge in [-0.15, -0.1) is 0 Å². The normalized spacial score (nSPS) is 13.9. The fourth-order valence-corrected chi connectivity index (χ4v) is 1.14. The number of aromatic amines is 1. The molecule has 0 spiro atoms. The minimum absolute atomic E-state index is 0.549. The summed E-state index contributed by atoms with van der Waals surface area (Å²) in [4.78, 5) is 44.1. The van der Waals surface area contributed by atoms with Crippen molar-refractivity contribution in [2.45, 2.75) is 19.1 Å². The number of aliphatic carboxylic acids is 1. The van der Waals surface area contributed by atoms with Gasteiger partial charge in [0.1, 0.15) is 0 Å². The van der Waals surface area contributed by atoms with Crippen molar-refractivity contribution < 1.29 is 19.9 Å². The molecule has 0 aliphatic rings. The number of carboxylic acids is 1. The van der Waals surface area contributed by atoms with E-state index in [0.29, 0.717) is 10.8 Å². The van der Waals surface area contributed by atoms with Crippen LogP contribution in [0.2, 0.25) is 0 Å². The maximum absolute atomic E-state index is 11.3. The van der Waals surface area contributed by atoms with Gasteiger partial charge in [0, 0.05) is 0 Å². The lowest BCUT2D eigenvalue weighted by molar-refractivity contribution is -0.386. The van der Waals surface area contributed by atoms with Crippen LogP contribution in [-0.4, -0.2) is 36.3 Å². The largest absolute Gasteiger partial charge is 0.479 e. The second-order valence-corrected chi connectivity index (χ2v) is 3.74. The quantitative estimate of drug-likeness (QED) is 0.428. The fourth-order valence-electron chi connectivity index (χ4n) is 1.14. The summed E-state index contributed by atoms with van der Waals surface area (Å²) in [6.45, 7) is 0.178. The number of carboxylic acid groups (broad SMARTS) is 1. The van der Waals surface area contributed by atoms with Crippen LogP contribution in [0.25, 0.3) is 0 Å². The van der Waals surface area contributed by atoms with E-state index in [2.05, 4.69) is 0 Å². The van der Waals surface area contributed by atoms with Gasteiger partial charge in [0.25, 0.3) is 0 Å². The van der Waals surface area contributed by atoms with Gasteiger partial charge in [-0.05, 0) is 6.92 Å². The molecule has 1 atom stereocenters. The lowest BCUT2D eigenvalue weighted by Crippen LogP contribution is -2.43. The zero-order valence-corrected chi connectivity index (χ0v) is 9.11. The molecule has 1 aromatic rings. The number of hydrogen-bond acceptors (Lipinski definition) is 6. The Morgan fingerprint density at radius 3 is 2.61 bits per heavy atom. The smallest absolute Gasteiger partial charge is 0.350 e. The summed E-state index contributed by atoms with van der Waals surface area (Å²) in [5.41, 5.74) is -5.46. The zero-order chi connectivity index (χ0) is 14.1. The highest BCUT2D eigenvalue weighted by atomic mass is 16.6. The van der Waals surface area contributed by atoms with Crippen LogP contribution in [-0.2, 0) is 11.3 Å². The first kappa shape index (κ1) is 13.6. The summed E-state index contributed by atoms with van der Waals surface area (Å²) in [6.07, 6.45) is 0.582. The first-order valence-corrected chi connectivity index (χ1v) is 4.59. The Balaban J connectivity index is 3.31. The van der Waals surface area contributed by atoms with Crippen LogP contribution < -0.4 is 11.2 Å². The van der Waals surface area contributed by atoms with Crippen molar-refractivity contribution in [2.75, 3.05) is 0 Å². The maximum Gasteiger partial charge on any atom is 0.350 e. The van der Waals surface area contributed by atoms with E-state index < -0.39 is 40.0 Å². The standard InChI is InChI=1S/C8H9N3O7/c1-8(16,6(13)14)3-10-2-4(11(17)18)5(12)9-7(10)15/h2,16H,3H2,1H3,(H,13,14)(H,9,12,15). The molecule has 0 saturated carbocycles. The highest BCUT2D eigenvalue weighted by Crippen LogP contribution is 2.07. The molecule has 0 bridgehead atoms. The Labute approximate surface area is 98.3 Å². The Bertz CT molecular complexity index is 612. The highest BCUT2D eigenvalue weighted by molar-refractivity contribution is 5.76. The molecular weight excluding hydrogens is 250 g/mol. The van der Waals surface area contributed by atoms with Gasteiger partial charge in [0.05, 0.1) is 17.7 Å². The Morgan fingerprint density at radius 2 is 2.17 bits per heavy atom. The average Bonchev–Trinajstić information content (AvgIpc) is 2.21. The van der Waals surface area contributed by atoms with Crippen LogP contribution in [0.1, 0.15) is 6.92 Å². The summed E-state index contributed by atoms with van der Waals surface area (Å²) < 4.78 is 0.549. The van der Waals surface area contributed by atoms with E-state index in [1.165, 1.54) is 0 Å². The van der Waals surface area contributed by atoms with Crippen LogP contribution in [0.4, 0.5) is 5.69 Å². The van der Waals surface area contributed by atoms with Crippen LogP contribution in [0, 0.1) is 10.1 Å². The third-order valence-corrected chi connectivity index (χ3v) is 2.13. The van der Waals surface area contributed by atoms with E-state index >= 15 is 0 Å². The Kier molecular flexibility index (Phi) is 3.32. The van der Waals surface area contributed by atoms with Gasteiger partial charge in [0.15, 0.2) is 5.60 Å². The minimum Gasteiger partial charge on any atom is -0.479 e. The molecule has 0 fully saturated rings. The Hall–Kier alpha value is -2.49. The molecule has 10 nitrogen and oxygen atoms in total. The molecule has 1 aromatic heterocycles. The van der Waals surface area contributed by atoms with Gasteiger partial charge < -0.3 is 10.2 Å². The van der Waals surface area contributed by atoms with Crippen molar-refractivity contribution >= 4 is 11.7 Å². The van der Waals surface area contributed by atoms with E-state index in [9.17, 15) is 29.6 Å². The van der Waals surface area contributed by atoms with Crippen molar-refractivity contribution in [3.63, 3.8) is 0 Å². The molecule has 0 aromatic carbocycles. The zero-order valence-electron chi connectivity index (χ0n) is 9.11. The predicted molar refractivity (Wildman–Crippen MR) is 56.2 cm³/mol. The number of aromatic nitrogens is 2. The molecule has 0 radical (unpaired) electrons. The number of rotatable bonds is 4. The molecular formula is C8H9N3O7. The third kappa shape index (κ3) is 2.60. The molecule has 10 heteroatoms. The van der Waals surface area contributed by atoms with Gasteiger partial charge in [0.2, 0.25) is 0 Å². The molecule has 1 rings (SSSR count). The van der Waals surface area contributed by atoms with Crippen LogP contribution in [0.5, 0.6) is 0 Å². The summed E-state index contributed by atoms with van der Waals surface area (Å²) in [5.74, 6) is -1.61. The second kappa shape index (κ2) is 4.41. The Morgan fingerprint density at radius 1 is 1.61 bits per heavy atom. The number of nitrogens with one attached hydrogen (secondary N) is 1. The summed E-state index contributed by atoms with van der Waals surface area (Å²) in [7, 11) is 0. The monoisotopic (exact) mass is 259 g/mol. The highest BCUT2D eigenvalue weighted by Gasteiger charge is 2.31. The van der Waals surface area contributed by atoms with E-state index in [4.69, 9.17) is 5.11 Å². The maximum atomic E-state index is 11.3. The van der Waals surface area contributed by atoms with Crippen molar-refractivity contribution in [3.05, 3.63) is 37.1 Å². The second-order valence-electron chi connectivity index (χ2n) is 3.74. The molecule has 1 heterocycles. The lowest BCUT2D eigenvalue weighted by atomic mass is 10.1. The van der Waals surface area contributed by atoms with E-state index in [1.54, 1.807) is 4.98 Å². The van der Waals surface area contributed by atoms with E-state index in [0.717, 1.165) is 6.92 Å².